The lowest BCUT2D eigenvalue weighted by Gasteiger charge is -2.33. The minimum atomic E-state index is -0.232. The van der Waals surface area contributed by atoms with Crippen molar-refractivity contribution in [3.05, 3.63) is 63.9 Å². The second kappa shape index (κ2) is 6.99. The van der Waals surface area contributed by atoms with Crippen LogP contribution in [-0.2, 0) is 0 Å². The number of para-hydroxylation sites is 1. The Hall–Kier alpha value is -2.79. The van der Waals surface area contributed by atoms with Gasteiger partial charge in [0.05, 0.1) is 5.69 Å². The molecule has 0 amide bonds. The fraction of sp³-hybridized carbons (Fsp3) is 0.273. The summed E-state index contributed by atoms with van der Waals surface area (Å²) in [6, 6.07) is 15.1. The van der Waals surface area contributed by atoms with Crippen LogP contribution >= 0.6 is 11.6 Å². The van der Waals surface area contributed by atoms with Crippen molar-refractivity contribution in [1.82, 2.24) is 9.55 Å². The molecule has 4 rings (SSSR count). The van der Waals surface area contributed by atoms with Crippen molar-refractivity contribution in [2.45, 2.75) is 39.8 Å². The van der Waals surface area contributed by atoms with E-state index in [1.165, 1.54) is 0 Å². The topological polar surface area (TPSA) is 51.3 Å². The summed E-state index contributed by atoms with van der Waals surface area (Å²) in [5.41, 5.74) is 1.97. The molecule has 0 aliphatic heterocycles. The molecule has 4 aromatic rings. The van der Waals surface area contributed by atoms with Gasteiger partial charge < -0.3 is 9.32 Å². The summed E-state index contributed by atoms with van der Waals surface area (Å²) in [5, 5.41) is 1.45. The van der Waals surface area contributed by atoms with E-state index in [0.717, 1.165) is 5.39 Å². The summed E-state index contributed by atoms with van der Waals surface area (Å²) >= 11 is 6.06. The van der Waals surface area contributed by atoms with Crippen molar-refractivity contribution in [1.29, 1.82) is 0 Å². The van der Waals surface area contributed by atoms with Crippen molar-refractivity contribution in [2.75, 3.05) is 4.90 Å². The summed E-state index contributed by atoms with van der Waals surface area (Å²) < 4.78 is 7.50. The highest BCUT2D eigenvalue weighted by Crippen LogP contribution is 2.29. The minimum Gasteiger partial charge on any atom is -0.448 e. The smallest absolute Gasteiger partial charge is 0.303 e. The minimum absolute atomic E-state index is 0.154. The second-order valence-electron chi connectivity index (χ2n) is 7.40. The normalized spacial score (nSPS) is 11.8. The largest absolute Gasteiger partial charge is 0.448 e. The zero-order valence-electron chi connectivity index (χ0n) is 16.3. The second-order valence-corrected chi connectivity index (χ2v) is 7.84. The van der Waals surface area contributed by atoms with Crippen LogP contribution in [0.2, 0.25) is 5.02 Å². The van der Waals surface area contributed by atoms with E-state index in [1.807, 2.05) is 36.4 Å². The number of hydrogen-bond donors (Lipinski definition) is 0. The first kappa shape index (κ1) is 18.6. The molecule has 0 N–H and O–H groups in total. The number of aromatic nitrogens is 2. The van der Waals surface area contributed by atoms with Crippen molar-refractivity contribution in [2.24, 2.45) is 0 Å². The first-order chi connectivity index (χ1) is 13.4. The molecule has 2 aromatic heterocycles. The van der Waals surface area contributed by atoms with Gasteiger partial charge in [0, 0.05) is 22.5 Å². The van der Waals surface area contributed by atoms with Crippen LogP contribution in [0.25, 0.3) is 27.8 Å². The third kappa shape index (κ3) is 2.96. The summed E-state index contributed by atoms with van der Waals surface area (Å²) in [6.45, 7) is 8.37. The van der Waals surface area contributed by atoms with Crippen molar-refractivity contribution < 1.29 is 4.42 Å². The summed E-state index contributed by atoms with van der Waals surface area (Å²) in [7, 11) is 0. The van der Waals surface area contributed by atoms with Crippen molar-refractivity contribution in [3.8, 4) is 5.69 Å². The highest BCUT2D eigenvalue weighted by molar-refractivity contribution is 6.30. The lowest BCUT2D eigenvalue weighted by molar-refractivity contribution is 0.579. The summed E-state index contributed by atoms with van der Waals surface area (Å²) in [4.78, 5) is 20.6. The molecule has 0 saturated heterocycles. The number of fused-ring (bicyclic) bond motifs is 3. The third-order valence-electron chi connectivity index (χ3n) is 4.81. The van der Waals surface area contributed by atoms with Crippen LogP contribution in [0.15, 0.2) is 57.7 Å². The quantitative estimate of drug-likeness (QED) is 0.463. The number of furan rings is 1. The molecular formula is C22H22ClN3O2. The highest BCUT2D eigenvalue weighted by atomic mass is 35.5. The summed E-state index contributed by atoms with van der Waals surface area (Å²) in [5.74, 6) is 0.594. The fourth-order valence-corrected chi connectivity index (χ4v) is 3.81. The van der Waals surface area contributed by atoms with E-state index in [2.05, 4.69) is 32.6 Å². The highest BCUT2D eigenvalue weighted by Gasteiger charge is 2.25. The molecule has 0 fully saturated rings. The average molecular weight is 396 g/mol. The van der Waals surface area contributed by atoms with Crippen LogP contribution in [0.4, 0.5) is 5.95 Å². The molecule has 0 unspecified atom stereocenters. The third-order valence-corrected chi connectivity index (χ3v) is 5.06. The molecule has 0 aliphatic carbocycles. The molecule has 2 aromatic carbocycles. The van der Waals surface area contributed by atoms with Crippen molar-refractivity contribution in [3.63, 3.8) is 0 Å². The Bertz CT molecular complexity index is 1200. The Labute approximate surface area is 168 Å². The molecule has 0 atom stereocenters. The number of hydrogen-bond acceptors (Lipinski definition) is 4. The molecular weight excluding hydrogens is 374 g/mol. The van der Waals surface area contributed by atoms with Crippen molar-refractivity contribution >= 4 is 39.6 Å². The Kier molecular flexibility index (Phi) is 4.63. The maximum Gasteiger partial charge on any atom is 0.303 e. The van der Waals surface area contributed by atoms with E-state index in [4.69, 9.17) is 21.0 Å². The van der Waals surface area contributed by atoms with E-state index < -0.39 is 0 Å². The van der Waals surface area contributed by atoms with E-state index in [0.29, 0.717) is 27.8 Å². The van der Waals surface area contributed by atoms with E-state index >= 15 is 0 Å². The van der Waals surface area contributed by atoms with E-state index in [1.54, 1.807) is 16.7 Å². The lowest BCUT2D eigenvalue weighted by atomic mass is 10.2. The predicted octanol–water partition coefficient (Wildman–Crippen LogP) is 5.41. The van der Waals surface area contributed by atoms with Gasteiger partial charge in [-0.1, -0.05) is 23.7 Å². The van der Waals surface area contributed by atoms with Crippen LogP contribution in [0.3, 0.4) is 0 Å². The number of nitrogens with zero attached hydrogens (tertiary/aromatic N) is 3. The van der Waals surface area contributed by atoms with Gasteiger partial charge in [0.2, 0.25) is 11.5 Å². The molecule has 0 aliphatic rings. The molecule has 2 heterocycles. The van der Waals surface area contributed by atoms with Gasteiger partial charge in [-0.2, -0.15) is 0 Å². The molecule has 144 valence electrons. The number of halogens is 1. The van der Waals surface area contributed by atoms with Gasteiger partial charge in [-0.3, -0.25) is 4.79 Å². The molecule has 0 saturated carbocycles. The molecule has 5 nitrogen and oxygen atoms in total. The lowest BCUT2D eigenvalue weighted by Crippen LogP contribution is -2.41. The Morgan fingerprint density at radius 2 is 1.64 bits per heavy atom. The molecule has 6 heteroatoms. The van der Waals surface area contributed by atoms with E-state index in [-0.39, 0.29) is 23.2 Å². The number of rotatable bonds is 4. The average Bonchev–Trinajstić information content (AvgIpc) is 3.02. The van der Waals surface area contributed by atoms with Gasteiger partial charge in [0.15, 0.2) is 0 Å². The number of anilines is 1. The summed E-state index contributed by atoms with van der Waals surface area (Å²) in [6.07, 6.45) is 0. The monoisotopic (exact) mass is 395 g/mol. The number of benzene rings is 2. The Balaban J connectivity index is 2.14. The Morgan fingerprint density at radius 1 is 1.00 bits per heavy atom. The van der Waals surface area contributed by atoms with Gasteiger partial charge in [0.25, 0.3) is 0 Å². The zero-order valence-corrected chi connectivity index (χ0v) is 17.1. The van der Waals surface area contributed by atoms with Gasteiger partial charge in [-0.05, 0) is 64.1 Å². The molecule has 0 radical (unpaired) electrons. The van der Waals surface area contributed by atoms with E-state index in [9.17, 15) is 4.79 Å². The van der Waals surface area contributed by atoms with Crippen LogP contribution in [0, 0.1) is 0 Å². The van der Waals surface area contributed by atoms with Gasteiger partial charge >= 0.3 is 5.56 Å². The van der Waals surface area contributed by atoms with Gasteiger partial charge in [-0.15, -0.1) is 0 Å². The Morgan fingerprint density at radius 3 is 2.29 bits per heavy atom. The molecule has 0 spiro atoms. The molecule has 28 heavy (non-hydrogen) atoms. The first-order valence-corrected chi connectivity index (χ1v) is 9.75. The predicted molar refractivity (Wildman–Crippen MR) is 115 cm³/mol. The van der Waals surface area contributed by atoms with Gasteiger partial charge in [-0.25, -0.2) is 9.55 Å². The van der Waals surface area contributed by atoms with Crippen LogP contribution in [0.5, 0.6) is 0 Å². The van der Waals surface area contributed by atoms with Crippen LogP contribution < -0.4 is 10.5 Å². The molecule has 0 bridgehead atoms. The van der Waals surface area contributed by atoms with Crippen LogP contribution in [-0.4, -0.2) is 21.6 Å². The SMILES string of the molecule is CC(C)N(c1nc2c(oc3ccccc32)c(=O)n1-c1ccc(Cl)cc1)C(C)C. The van der Waals surface area contributed by atoms with Crippen LogP contribution in [0.1, 0.15) is 27.7 Å². The fourth-order valence-electron chi connectivity index (χ4n) is 3.68. The standard InChI is InChI=1S/C22H22ClN3O2/c1-13(2)25(14(3)4)22-24-19-17-7-5-6-8-18(17)28-20(19)21(27)26(22)16-11-9-15(23)10-12-16/h5-14H,1-4H3. The maximum atomic E-state index is 13.5. The zero-order chi connectivity index (χ0) is 20.0. The first-order valence-electron chi connectivity index (χ1n) is 9.37. The van der Waals surface area contributed by atoms with Gasteiger partial charge in [0.1, 0.15) is 11.1 Å². The maximum absolute atomic E-state index is 13.5.